The third-order valence-corrected chi connectivity index (χ3v) is 5.27. The quantitative estimate of drug-likeness (QED) is 0.375. The Bertz CT molecular complexity index is 1370. The first-order chi connectivity index (χ1) is 14.2. The maximum absolute atomic E-state index is 5.55. The molecule has 0 aliphatic heterocycles. The number of aromatic nitrogens is 4. The number of nitrogens with zero attached hydrogens (tertiary/aromatic N) is 3. The van der Waals surface area contributed by atoms with Crippen LogP contribution in [0.3, 0.4) is 0 Å². The minimum atomic E-state index is 0.559. The first kappa shape index (κ1) is 17.5. The van der Waals surface area contributed by atoms with Crippen molar-refractivity contribution in [3.8, 4) is 28.3 Å². The fraction of sp³-hybridized carbons (Fsp3) is 0.0417. The first-order valence-electron chi connectivity index (χ1n) is 9.41. The maximum Gasteiger partial charge on any atom is 0.200 e. The van der Waals surface area contributed by atoms with Crippen LogP contribution in [0.5, 0.6) is 0 Å². The highest BCUT2D eigenvalue weighted by molar-refractivity contribution is 7.71. The largest absolute Gasteiger partial charge is 0.268 e. The van der Waals surface area contributed by atoms with Crippen molar-refractivity contribution in [2.75, 3.05) is 0 Å². The van der Waals surface area contributed by atoms with E-state index in [0.29, 0.717) is 4.77 Å². The lowest BCUT2D eigenvalue weighted by Gasteiger charge is -2.12. The van der Waals surface area contributed by atoms with E-state index in [1.165, 1.54) is 5.56 Å². The van der Waals surface area contributed by atoms with E-state index in [0.717, 1.165) is 39.2 Å². The number of para-hydroxylation sites is 2. The van der Waals surface area contributed by atoms with Crippen LogP contribution in [-0.2, 0) is 0 Å². The molecule has 0 saturated heterocycles. The van der Waals surface area contributed by atoms with Crippen LogP contribution in [0, 0.1) is 11.7 Å². The Balaban J connectivity index is 1.80. The van der Waals surface area contributed by atoms with Gasteiger partial charge in [0, 0.05) is 22.2 Å². The Morgan fingerprint density at radius 2 is 1.59 bits per heavy atom. The smallest absolute Gasteiger partial charge is 0.200 e. The second-order valence-electron chi connectivity index (χ2n) is 6.96. The van der Waals surface area contributed by atoms with Gasteiger partial charge < -0.3 is 0 Å². The van der Waals surface area contributed by atoms with Gasteiger partial charge in [0.2, 0.25) is 0 Å². The molecule has 5 rings (SSSR count). The molecule has 0 atom stereocenters. The van der Waals surface area contributed by atoms with E-state index >= 15 is 0 Å². The van der Waals surface area contributed by atoms with Crippen LogP contribution in [0.2, 0.25) is 0 Å². The lowest BCUT2D eigenvalue weighted by Crippen LogP contribution is -1.99. The number of pyridine rings is 1. The first-order valence-corrected chi connectivity index (χ1v) is 9.81. The molecule has 2 aromatic heterocycles. The van der Waals surface area contributed by atoms with Crippen LogP contribution in [0.4, 0.5) is 0 Å². The molecule has 0 fully saturated rings. The highest BCUT2D eigenvalue weighted by Gasteiger charge is 2.16. The second-order valence-corrected chi connectivity index (χ2v) is 7.35. The molecular weight excluding hydrogens is 376 g/mol. The molecule has 1 N–H and O–H groups in total. The maximum atomic E-state index is 5.55. The monoisotopic (exact) mass is 394 g/mol. The van der Waals surface area contributed by atoms with Crippen LogP contribution in [-0.4, -0.2) is 19.7 Å². The van der Waals surface area contributed by atoms with E-state index in [2.05, 4.69) is 53.5 Å². The fourth-order valence-corrected chi connectivity index (χ4v) is 3.76. The predicted molar refractivity (Wildman–Crippen MR) is 120 cm³/mol. The highest BCUT2D eigenvalue weighted by Crippen LogP contribution is 2.32. The summed E-state index contributed by atoms with van der Waals surface area (Å²) in [6, 6.07) is 28.7. The summed E-state index contributed by atoms with van der Waals surface area (Å²) in [5, 5.41) is 8.58. The molecule has 0 aliphatic rings. The fourth-order valence-electron chi connectivity index (χ4n) is 3.53. The molecule has 29 heavy (non-hydrogen) atoms. The van der Waals surface area contributed by atoms with Crippen LogP contribution < -0.4 is 0 Å². The molecule has 0 saturated carbocycles. The molecule has 2 heterocycles. The molecule has 3 aromatic carbocycles. The number of H-pyrrole nitrogens is 1. The molecule has 5 aromatic rings. The van der Waals surface area contributed by atoms with Gasteiger partial charge in [-0.15, -0.1) is 0 Å². The zero-order chi connectivity index (χ0) is 19.8. The molecule has 0 unspecified atom stereocenters. The van der Waals surface area contributed by atoms with Crippen molar-refractivity contribution in [3.63, 3.8) is 0 Å². The van der Waals surface area contributed by atoms with Gasteiger partial charge in [-0.25, -0.2) is 4.98 Å². The van der Waals surface area contributed by atoms with Crippen molar-refractivity contribution >= 4 is 23.1 Å². The van der Waals surface area contributed by atoms with Gasteiger partial charge in [0.05, 0.1) is 11.2 Å². The average molecular weight is 395 g/mol. The van der Waals surface area contributed by atoms with Crippen LogP contribution >= 0.6 is 12.2 Å². The molecule has 140 valence electrons. The van der Waals surface area contributed by atoms with Crippen LogP contribution in [0.1, 0.15) is 5.56 Å². The number of rotatable bonds is 3. The Kier molecular flexibility index (Phi) is 4.30. The summed E-state index contributed by atoms with van der Waals surface area (Å²) < 4.78 is 2.53. The summed E-state index contributed by atoms with van der Waals surface area (Å²) in [6.07, 6.45) is 0. The Labute approximate surface area is 173 Å². The Morgan fingerprint density at radius 3 is 2.38 bits per heavy atom. The van der Waals surface area contributed by atoms with E-state index < -0.39 is 0 Å². The van der Waals surface area contributed by atoms with Gasteiger partial charge in [0.25, 0.3) is 0 Å². The number of nitrogens with one attached hydrogen (secondary N) is 1. The minimum absolute atomic E-state index is 0.559. The van der Waals surface area contributed by atoms with Crippen molar-refractivity contribution in [1.82, 2.24) is 19.7 Å². The summed E-state index contributed by atoms with van der Waals surface area (Å²) in [5.74, 6) is 0.771. The summed E-state index contributed by atoms with van der Waals surface area (Å²) in [5.41, 5.74) is 6.09. The SMILES string of the molecule is Cc1ccc(-c2cc(-c3n[nH]c(=S)n3-c3ccccc3)c3ccccc3n2)cc1. The number of hydrogen-bond donors (Lipinski definition) is 1. The Morgan fingerprint density at radius 1 is 0.862 bits per heavy atom. The number of hydrogen-bond acceptors (Lipinski definition) is 3. The van der Waals surface area contributed by atoms with Gasteiger partial charge in [-0.3, -0.25) is 9.67 Å². The summed E-state index contributed by atoms with van der Waals surface area (Å²) in [6.45, 7) is 2.08. The van der Waals surface area contributed by atoms with Gasteiger partial charge in [0.15, 0.2) is 10.6 Å². The lowest BCUT2D eigenvalue weighted by atomic mass is 10.0. The van der Waals surface area contributed by atoms with E-state index in [4.69, 9.17) is 17.2 Å². The molecule has 0 spiro atoms. The number of aromatic amines is 1. The molecule has 0 bridgehead atoms. The van der Waals surface area contributed by atoms with Crippen molar-refractivity contribution in [2.24, 2.45) is 0 Å². The van der Waals surface area contributed by atoms with E-state index in [-0.39, 0.29) is 0 Å². The van der Waals surface area contributed by atoms with E-state index in [1.807, 2.05) is 53.1 Å². The predicted octanol–water partition coefficient (Wildman–Crippen LogP) is 6.12. The molecule has 5 heteroatoms. The number of aryl methyl sites for hydroxylation is 1. The third-order valence-electron chi connectivity index (χ3n) is 4.99. The lowest BCUT2D eigenvalue weighted by molar-refractivity contribution is 1.04. The van der Waals surface area contributed by atoms with Crippen molar-refractivity contribution in [2.45, 2.75) is 6.92 Å². The van der Waals surface area contributed by atoms with Gasteiger partial charge in [-0.05, 0) is 43.4 Å². The summed E-state index contributed by atoms with van der Waals surface area (Å²) in [7, 11) is 0. The van der Waals surface area contributed by atoms with E-state index in [1.54, 1.807) is 0 Å². The van der Waals surface area contributed by atoms with Crippen LogP contribution in [0.25, 0.3) is 39.2 Å². The highest BCUT2D eigenvalue weighted by atomic mass is 32.1. The third kappa shape index (κ3) is 3.15. The normalized spacial score (nSPS) is 11.1. The van der Waals surface area contributed by atoms with Gasteiger partial charge in [-0.2, -0.15) is 5.10 Å². The average Bonchev–Trinajstić information content (AvgIpc) is 3.15. The zero-order valence-corrected chi connectivity index (χ0v) is 16.6. The van der Waals surface area contributed by atoms with Gasteiger partial charge in [-0.1, -0.05) is 66.2 Å². The molecule has 4 nitrogen and oxygen atoms in total. The minimum Gasteiger partial charge on any atom is -0.268 e. The molecular formula is C24H18N4S. The van der Waals surface area contributed by atoms with Crippen molar-refractivity contribution in [1.29, 1.82) is 0 Å². The zero-order valence-electron chi connectivity index (χ0n) is 15.8. The molecule has 0 radical (unpaired) electrons. The second kappa shape index (κ2) is 7.11. The van der Waals surface area contributed by atoms with Crippen molar-refractivity contribution in [3.05, 3.63) is 95.3 Å². The number of benzene rings is 3. The summed E-state index contributed by atoms with van der Waals surface area (Å²) in [4.78, 5) is 4.90. The van der Waals surface area contributed by atoms with Gasteiger partial charge >= 0.3 is 0 Å². The number of fused-ring (bicyclic) bond motifs is 1. The van der Waals surface area contributed by atoms with E-state index in [9.17, 15) is 0 Å². The molecule has 0 amide bonds. The topological polar surface area (TPSA) is 46.5 Å². The standard InChI is InChI=1S/C24H18N4S/c1-16-11-13-17(14-12-16)22-15-20(19-9-5-6-10-21(19)25-22)23-26-27-24(29)28(23)18-7-3-2-4-8-18/h2-15H,1H3,(H,27,29). The van der Waals surface area contributed by atoms with Crippen LogP contribution in [0.15, 0.2) is 84.9 Å². The van der Waals surface area contributed by atoms with Gasteiger partial charge in [0.1, 0.15) is 0 Å². The van der Waals surface area contributed by atoms with Crippen molar-refractivity contribution < 1.29 is 0 Å². The summed E-state index contributed by atoms with van der Waals surface area (Å²) >= 11 is 5.55. The molecule has 0 aliphatic carbocycles. The Hall–Kier alpha value is -3.57.